The molecular weight excluding hydrogens is 186 g/mol. The van der Waals surface area contributed by atoms with Crippen LogP contribution in [0.3, 0.4) is 0 Å². The van der Waals surface area contributed by atoms with E-state index in [1.165, 1.54) is 12.0 Å². The van der Waals surface area contributed by atoms with Crippen LogP contribution in [0.1, 0.15) is 32.3 Å². The molecule has 0 saturated carbocycles. The third kappa shape index (κ3) is 4.79. The summed E-state index contributed by atoms with van der Waals surface area (Å²) in [5.74, 6) is 0. The van der Waals surface area contributed by atoms with Gasteiger partial charge >= 0.3 is 0 Å². The van der Waals surface area contributed by atoms with E-state index < -0.39 is 0 Å². The fourth-order valence-corrected chi connectivity index (χ4v) is 1.35. The van der Waals surface area contributed by atoms with E-state index in [2.05, 4.69) is 42.6 Å². The molecule has 15 heavy (non-hydrogen) atoms. The number of nitrogens with one attached hydrogen (secondary N) is 1. The van der Waals surface area contributed by atoms with Crippen LogP contribution < -0.4 is 5.32 Å². The van der Waals surface area contributed by atoms with Crippen LogP contribution in [0.15, 0.2) is 18.5 Å². The van der Waals surface area contributed by atoms with Crippen LogP contribution >= 0.6 is 0 Å². The summed E-state index contributed by atoms with van der Waals surface area (Å²) in [7, 11) is 0. The molecule has 1 aromatic rings. The van der Waals surface area contributed by atoms with Gasteiger partial charge in [0, 0.05) is 18.3 Å². The molecule has 0 aromatic carbocycles. The lowest BCUT2D eigenvalue weighted by atomic mass is 10.3. The van der Waals surface area contributed by atoms with Gasteiger partial charge in [-0.3, -0.25) is 4.68 Å². The topological polar surface area (TPSA) is 29.9 Å². The minimum atomic E-state index is 0.936. The predicted molar refractivity (Wildman–Crippen MR) is 64.7 cm³/mol. The Balaban J connectivity index is 2.19. The first-order valence-corrected chi connectivity index (χ1v) is 5.76. The van der Waals surface area contributed by atoms with Gasteiger partial charge in [-0.25, -0.2) is 0 Å². The van der Waals surface area contributed by atoms with E-state index in [0.717, 1.165) is 26.1 Å². The van der Waals surface area contributed by atoms with Crippen LogP contribution in [-0.2, 0) is 6.54 Å². The molecule has 0 aliphatic rings. The molecule has 1 rings (SSSR count). The molecule has 0 spiro atoms. The Kier molecular flexibility index (Phi) is 5.78. The van der Waals surface area contributed by atoms with Crippen molar-refractivity contribution in [2.45, 2.75) is 33.2 Å². The lowest BCUT2D eigenvalue weighted by Gasteiger charge is -1.97. The molecule has 0 amide bonds. The summed E-state index contributed by atoms with van der Waals surface area (Å²) in [6.45, 7) is 7.39. The molecule has 1 N–H and O–H groups in total. The Morgan fingerprint density at radius 2 is 2.27 bits per heavy atom. The maximum Gasteiger partial charge on any atom is 0.0562 e. The van der Waals surface area contributed by atoms with Crippen molar-refractivity contribution in [2.24, 2.45) is 0 Å². The second kappa shape index (κ2) is 7.23. The van der Waals surface area contributed by atoms with E-state index in [9.17, 15) is 0 Å². The summed E-state index contributed by atoms with van der Waals surface area (Å²) in [6, 6.07) is 0. The van der Waals surface area contributed by atoms with Gasteiger partial charge in [0.05, 0.1) is 6.20 Å². The largest absolute Gasteiger partial charge is 0.316 e. The molecule has 0 fully saturated rings. The number of hydrogen-bond acceptors (Lipinski definition) is 2. The van der Waals surface area contributed by atoms with Gasteiger partial charge in [0.1, 0.15) is 0 Å². The molecule has 0 radical (unpaired) electrons. The zero-order chi connectivity index (χ0) is 10.9. The van der Waals surface area contributed by atoms with Crippen molar-refractivity contribution in [1.29, 1.82) is 0 Å². The van der Waals surface area contributed by atoms with Crippen molar-refractivity contribution in [3.8, 4) is 0 Å². The molecule has 3 heteroatoms. The van der Waals surface area contributed by atoms with E-state index in [1.54, 1.807) is 0 Å². The third-order valence-electron chi connectivity index (χ3n) is 2.20. The summed E-state index contributed by atoms with van der Waals surface area (Å²) >= 11 is 0. The second-order valence-electron chi connectivity index (χ2n) is 3.57. The van der Waals surface area contributed by atoms with E-state index in [-0.39, 0.29) is 0 Å². The normalized spacial score (nSPS) is 11.3. The molecule has 1 aromatic heterocycles. The van der Waals surface area contributed by atoms with Crippen LogP contribution in [0.25, 0.3) is 6.08 Å². The van der Waals surface area contributed by atoms with Gasteiger partial charge in [-0.2, -0.15) is 5.10 Å². The second-order valence-corrected chi connectivity index (χ2v) is 3.57. The van der Waals surface area contributed by atoms with E-state index >= 15 is 0 Å². The van der Waals surface area contributed by atoms with Gasteiger partial charge in [0.15, 0.2) is 0 Å². The monoisotopic (exact) mass is 207 g/mol. The molecule has 0 bridgehead atoms. The Morgan fingerprint density at radius 3 is 2.93 bits per heavy atom. The maximum atomic E-state index is 4.21. The highest BCUT2D eigenvalue weighted by Crippen LogP contribution is 2.00. The Bertz CT molecular complexity index is 289. The highest BCUT2D eigenvalue weighted by atomic mass is 15.3. The number of aromatic nitrogens is 2. The smallest absolute Gasteiger partial charge is 0.0562 e. The lowest BCUT2D eigenvalue weighted by molar-refractivity contribution is 0.660. The standard InChI is InChI=1S/C12H21N3/c1-3-8-13-9-6-5-7-12-10-14-15(4-2)11-12/h5,7,10-11,13H,3-4,6,8-9H2,1-2H3. The molecule has 0 atom stereocenters. The van der Waals surface area contributed by atoms with Gasteiger partial charge < -0.3 is 5.32 Å². The van der Waals surface area contributed by atoms with Gasteiger partial charge in [0.25, 0.3) is 0 Å². The Labute approximate surface area is 92.2 Å². The molecule has 0 unspecified atom stereocenters. The number of hydrogen-bond donors (Lipinski definition) is 1. The summed E-state index contributed by atoms with van der Waals surface area (Å²) in [5.41, 5.74) is 1.19. The number of aryl methyl sites for hydroxylation is 1. The van der Waals surface area contributed by atoms with Crippen LogP contribution in [0.5, 0.6) is 0 Å². The SMILES string of the molecule is CCCNCCC=Cc1cnn(CC)c1. The molecule has 3 nitrogen and oxygen atoms in total. The maximum absolute atomic E-state index is 4.21. The van der Waals surface area contributed by atoms with Gasteiger partial charge in [-0.15, -0.1) is 0 Å². The summed E-state index contributed by atoms with van der Waals surface area (Å²) in [6.07, 6.45) is 10.6. The van der Waals surface area contributed by atoms with Crippen molar-refractivity contribution >= 4 is 6.08 Å². The van der Waals surface area contributed by atoms with E-state index in [4.69, 9.17) is 0 Å². The fraction of sp³-hybridized carbons (Fsp3) is 0.583. The van der Waals surface area contributed by atoms with Crippen LogP contribution in [-0.4, -0.2) is 22.9 Å². The first-order valence-electron chi connectivity index (χ1n) is 5.76. The Morgan fingerprint density at radius 1 is 1.40 bits per heavy atom. The number of nitrogens with zero attached hydrogens (tertiary/aromatic N) is 2. The molecular formula is C12H21N3. The van der Waals surface area contributed by atoms with Crippen molar-refractivity contribution in [3.05, 3.63) is 24.0 Å². The first-order chi connectivity index (χ1) is 7.36. The highest BCUT2D eigenvalue weighted by molar-refractivity contribution is 5.46. The van der Waals surface area contributed by atoms with Gasteiger partial charge in [0.2, 0.25) is 0 Å². The first kappa shape index (κ1) is 12.0. The molecule has 0 aliphatic carbocycles. The van der Waals surface area contributed by atoms with Crippen LogP contribution in [0.2, 0.25) is 0 Å². The lowest BCUT2D eigenvalue weighted by Crippen LogP contribution is -2.14. The predicted octanol–water partition coefficient (Wildman–Crippen LogP) is 2.31. The third-order valence-corrected chi connectivity index (χ3v) is 2.20. The van der Waals surface area contributed by atoms with E-state index in [1.807, 2.05) is 10.9 Å². The minimum Gasteiger partial charge on any atom is -0.316 e. The Hall–Kier alpha value is -1.09. The van der Waals surface area contributed by atoms with Crippen molar-refractivity contribution in [1.82, 2.24) is 15.1 Å². The summed E-state index contributed by atoms with van der Waals surface area (Å²) < 4.78 is 1.94. The number of rotatable bonds is 7. The molecule has 1 heterocycles. The average Bonchev–Trinajstić information content (AvgIpc) is 2.71. The molecule has 84 valence electrons. The highest BCUT2D eigenvalue weighted by Gasteiger charge is 1.91. The van der Waals surface area contributed by atoms with E-state index in [0.29, 0.717) is 0 Å². The van der Waals surface area contributed by atoms with Crippen molar-refractivity contribution < 1.29 is 0 Å². The zero-order valence-electron chi connectivity index (χ0n) is 9.74. The minimum absolute atomic E-state index is 0.936. The van der Waals surface area contributed by atoms with Gasteiger partial charge in [-0.05, 0) is 32.9 Å². The summed E-state index contributed by atoms with van der Waals surface area (Å²) in [5, 5.41) is 7.58. The van der Waals surface area contributed by atoms with Crippen molar-refractivity contribution in [3.63, 3.8) is 0 Å². The van der Waals surface area contributed by atoms with Crippen LogP contribution in [0, 0.1) is 0 Å². The van der Waals surface area contributed by atoms with Crippen LogP contribution in [0.4, 0.5) is 0 Å². The zero-order valence-corrected chi connectivity index (χ0v) is 9.74. The summed E-state index contributed by atoms with van der Waals surface area (Å²) in [4.78, 5) is 0. The van der Waals surface area contributed by atoms with Gasteiger partial charge in [-0.1, -0.05) is 19.1 Å². The quantitative estimate of drug-likeness (QED) is 0.695. The average molecular weight is 207 g/mol. The van der Waals surface area contributed by atoms with Crippen molar-refractivity contribution in [2.75, 3.05) is 13.1 Å². The molecule has 0 aliphatic heterocycles. The molecule has 0 saturated heterocycles. The fourth-order valence-electron chi connectivity index (χ4n) is 1.35.